The molecule has 292 valence electrons. The highest BCUT2D eigenvalue weighted by Crippen LogP contribution is 2.20. The van der Waals surface area contributed by atoms with Crippen LogP contribution in [0.3, 0.4) is 0 Å². The number of carboxylic acids is 1. The first-order valence-corrected chi connectivity index (χ1v) is 20.0. The molecule has 1 heterocycles. The Labute approximate surface area is 320 Å². The Balaban J connectivity index is 0.000000552. The summed E-state index contributed by atoms with van der Waals surface area (Å²) in [6, 6.07) is 7.31. The number of aromatic amines is 1. The van der Waals surface area contributed by atoms with E-state index >= 15 is 0 Å². The van der Waals surface area contributed by atoms with Gasteiger partial charge in [-0.2, -0.15) is 0 Å². The van der Waals surface area contributed by atoms with E-state index in [0.29, 0.717) is 25.9 Å². The average Bonchev–Trinajstić information content (AvgIpc) is 3.56. The Bertz CT molecular complexity index is 1430. The van der Waals surface area contributed by atoms with Gasteiger partial charge in [0.2, 0.25) is 5.91 Å². The zero-order valence-corrected chi connectivity index (χ0v) is 32.9. The van der Waals surface area contributed by atoms with Crippen LogP contribution in [-0.2, 0) is 25.5 Å². The molecule has 3 N–H and O–H groups in total. The molecule has 1 amide bonds. The molecule has 2 aromatic rings. The molecule has 2 rings (SSSR count). The lowest BCUT2D eigenvalue weighted by Gasteiger charge is -2.17. The van der Waals surface area contributed by atoms with Gasteiger partial charge in [0.25, 0.3) is 0 Å². The maximum atomic E-state index is 12.4. The normalized spacial score (nSPS) is 12.5. The molecule has 0 aliphatic heterocycles. The fraction of sp³-hybridized carbons (Fsp3) is 0.500. The quantitative estimate of drug-likeness (QED) is 0.0459. The number of fused-ring (bicyclic) bond motifs is 1. The van der Waals surface area contributed by atoms with Crippen LogP contribution in [-0.4, -0.2) is 40.6 Å². The number of esters is 1. The van der Waals surface area contributed by atoms with Gasteiger partial charge >= 0.3 is 11.9 Å². The van der Waals surface area contributed by atoms with E-state index in [0.717, 1.165) is 61.4 Å². The zero-order chi connectivity index (χ0) is 38.6. The number of rotatable bonds is 28. The number of aromatic nitrogens is 1. The Morgan fingerprint density at radius 2 is 1.25 bits per heavy atom. The number of carboxylic acid groups (broad SMARTS) is 1. The second-order valence-corrected chi connectivity index (χ2v) is 13.1. The standard InChI is InChI=1S/C25H38N2O3.C21H30O2/c1-3-5-6-7-8-9-10-11-12-17-24(28)27-23(25(29)30-4-2)18-20-19-26-22-16-14-13-15-21(20)22;1-2-3-4-5-6-7-8-9-10-11-12-13-14-15-16-17-18-19-20-21(22)23/h13-16,19,23,26H,3-12,17-18H2,1-2H3,(H,27,28);2-3,5-6,8-9,11-12,14-15,17-18H,4,7,10,13,16,19-20H2,1H3,(H,22,23)/b;3-2+,6-5+,9-8+,12-11+,15-14+,18-17+/t23-;/m0./s1. The monoisotopic (exact) mass is 729 g/mol. The Hall–Kier alpha value is -4.39. The van der Waals surface area contributed by atoms with Crippen molar-refractivity contribution in [2.75, 3.05) is 6.61 Å². The molecule has 0 spiro atoms. The third kappa shape index (κ3) is 26.1. The number of nitrogens with one attached hydrogen (secondary N) is 2. The molecule has 7 nitrogen and oxygen atoms in total. The predicted octanol–water partition coefficient (Wildman–Crippen LogP) is 11.8. The second-order valence-electron chi connectivity index (χ2n) is 13.1. The third-order valence-corrected chi connectivity index (χ3v) is 8.47. The van der Waals surface area contributed by atoms with Crippen LogP contribution in [0.2, 0.25) is 0 Å². The van der Waals surface area contributed by atoms with Crippen LogP contribution in [0.5, 0.6) is 0 Å². The van der Waals surface area contributed by atoms with Gasteiger partial charge in [-0.05, 0) is 70.4 Å². The lowest BCUT2D eigenvalue weighted by atomic mass is 10.0. The maximum absolute atomic E-state index is 12.4. The summed E-state index contributed by atoms with van der Waals surface area (Å²) >= 11 is 0. The van der Waals surface area contributed by atoms with Crippen LogP contribution < -0.4 is 5.32 Å². The first-order valence-electron chi connectivity index (χ1n) is 20.0. The average molecular weight is 729 g/mol. The molecule has 0 fully saturated rings. The van der Waals surface area contributed by atoms with Crippen molar-refractivity contribution in [2.45, 2.75) is 142 Å². The number of allylic oxidation sites excluding steroid dienone is 12. The molecule has 0 unspecified atom stereocenters. The van der Waals surface area contributed by atoms with Gasteiger partial charge in [0.15, 0.2) is 0 Å². The molecule has 0 saturated carbocycles. The number of unbranched alkanes of at least 4 members (excludes halogenated alkanes) is 8. The molecule has 0 radical (unpaired) electrons. The fourth-order valence-corrected chi connectivity index (χ4v) is 5.54. The second kappa shape index (κ2) is 33.4. The van der Waals surface area contributed by atoms with Crippen molar-refractivity contribution in [1.82, 2.24) is 10.3 Å². The smallest absolute Gasteiger partial charge is 0.328 e. The lowest BCUT2D eigenvalue weighted by molar-refractivity contribution is -0.147. The van der Waals surface area contributed by atoms with Crippen LogP contribution in [0, 0.1) is 0 Å². The Morgan fingerprint density at radius 1 is 0.717 bits per heavy atom. The van der Waals surface area contributed by atoms with E-state index in [1.807, 2.05) is 49.5 Å². The van der Waals surface area contributed by atoms with Crippen molar-refractivity contribution in [2.24, 2.45) is 0 Å². The summed E-state index contributed by atoms with van der Waals surface area (Å²) < 4.78 is 5.20. The van der Waals surface area contributed by atoms with Crippen molar-refractivity contribution in [3.8, 4) is 0 Å². The van der Waals surface area contributed by atoms with Gasteiger partial charge in [0.05, 0.1) is 6.61 Å². The highest BCUT2D eigenvalue weighted by atomic mass is 16.5. The number of hydrogen-bond donors (Lipinski definition) is 3. The van der Waals surface area contributed by atoms with Crippen LogP contribution >= 0.6 is 0 Å². The predicted molar refractivity (Wildman–Crippen MR) is 223 cm³/mol. The first-order chi connectivity index (χ1) is 25.9. The number of H-pyrrole nitrogens is 1. The van der Waals surface area contributed by atoms with Crippen LogP contribution in [0.25, 0.3) is 10.9 Å². The van der Waals surface area contributed by atoms with E-state index in [2.05, 4.69) is 78.0 Å². The van der Waals surface area contributed by atoms with Crippen molar-refractivity contribution >= 4 is 28.7 Å². The molecule has 7 heteroatoms. The van der Waals surface area contributed by atoms with E-state index < -0.39 is 12.0 Å². The van der Waals surface area contributed by atoms with E-state index in [4.69, 9.17) is 9.84 Å². The molecular formula is C46H68N2O5. The minimum Gasteiger partial charge on any atom is -0.481 e. The molecule has 0 aliphatic rings. The molecule has 0 aliphatic carbocycles. The number of aliphatic carboxylic acids is 1. The number of carbonyl (C=O) groups excluding carboxylic acids is 2. The molecule has 1 atom stereocenters. The maximum Gasteiger partial charge on any atom is 0.328 e. The molecule has 53 heavy (non-hydrogen) atoms. The lowest BCUT2D eigenvalue weighted by Crippen LogP contribution is -2.43. The van der Waals surface area contributed by atoms with Gasteiger partial charge in [0.1, 0.15) is 6.04 Å². The van der Waals surface area contributed by atoms with Gasteiger partial charge in [-0.3, -0.25) is 9.59 Å². The van der Waals surface area contributed by atoms with Crippen LogP contribution in [0.4, 0.5) is 0 Å². The Morgan fingerprint density at radius 3 is 1.79 bits per heavy atom. The number of carbonyl (C=O) groups is 3. The Kier molecular flexibility index (Phi) is 29.4. The van der Waals surface area contributed by atoms with Gasteiger partial charge < -0.3 is 20.1 Å². The summed E-state index contributed by atoms with van der Waals surface area (Å²) in [6.45, 7) is 6.36. The molecular weight excluding hydrogens is 661 g/mol. The van der Waals surface area contributed by atoms with E-state index in [-0.39, 0.29) is 18.3 Å². The summed E-state index contributed by atoms with van der Waals surface area (Å²) in [6.07, 6.45) is 44.8. The van der Waals surface area contributed by atoms with E-state index in [1.54, 1.807) is 6.92 Å². The van der Waals surface area contributed by atoms with Gasteiger partial charge in [-0.25, -0.2) is 4.79 Å². The van der Waals surface area contributed by atoms with E-state index in [9.17, 15) is 14.4 Å². The number of ether oxygens (including phenoxy) is 1. The summed E-state index contributed by atoms with van der Waals surface area (Å²) in [4.78, 5) is 38.4. The zero-order valence-electron chi connectivity index (χ0n) is 32.9. The first kappa shape index (κ1) is 46.6. The van der Waals surface area contributed by atoms with Crippen LogP contribution in [0.1, 0.15) is 135 Å². The number of benzene rings is 1. The number of amides is 1. The summed E-state index contributed by atoms with van der Waals surface area (Å²) in [5, 5.41) is 12.5. The van der Waals surface area contributed by atoms with Crippen LogP contribution in [0.15, 0.2) is 103 Å². The number of para-hydroxylation sites is 1. The molecule has 1 aromatic heterocycles. The molecule has 1 aromatic carbocycles. The largest absolute Gasteiger partial charge is 0.481 e. The summed E-state index contributed by atoms with van der Waals surface area (Å²) in [7, 11) is 0. The van der Waals surface area contributed by atoms with Gasteiger partial charge in [-0.15, -0.1) is 0 Å². The minimum atomic E-state index is -0.742. The summed E-state index contributed by atoms with van der Waals surface area (Å²) in [5.41, 5.74) is 2.03. The van der Waals surface area contributed by atoms with Crippen molar-refractivity contribution in [1.29, 1.82) is 0 Å². The van der Waals surface area contributed by atoms with E-state index in [1.165, 1.54) is 44.9 Å². The highest BCUT2D eigenvalue weighted by molar-refractivity contribution is 5.87. The minimum absolute atomic E-state index is 0.0733. The fourth-order valence-electron chi connectivity index (χ4n) is 5.54. The molecule has 0 saturated heterocycles. The molecule has 0 bridgehead atoms. The SMILES string of the molecule is C/C=C/C/C=C/C/C=C/C/C=C/C/C=C/C/C=C/CCC(=O)O.CCCCCCCCCCCC(=O)N[C@@H](Cc1c[nH]c2ccccc12)C(=O)OCC. The van der Waals surface area contributed by atoms with Gasteiger partial charge in [-0.1, -0.05) is 149 Å². The van der Waals surface area contributed by atoms with Gasteiger partial charge in [0, 0.05) is 36.4 Å². The van der Waals surface area contributed by atoms with Crippen molar-refractivity contribution in [3.63, 3.8) is 0 Å². The van der Waals surface area contributed by atoms with Crippen molar-refractivity contribution in [3.05, 3.63) is 109 Å². The van der Waals surface area contributed by atoms with Crippen molar-refractivity contribution < 1.29 is 24.2 Å². The topological polar surface area (TPSA) is 108 Å². The number of hydrogen-bond acceptors (Lipinski definition) is 4. The highest BCUT2D eigenvalue weighted by Gasteiger charge is 2.23. The summed E-state index contributed by atoms with van der Waals surface area (Å²) in [5.74, 6) is -1.19. The third-order valence-electron chi connectivity index (χ3n) is 8.47.